The standard InChI is InChI=1S/C25H28N4OS2/c1-18(2)20-13-11-19(12-14-20)16-27(3)17-28-25(31)29(21-8-5-6-9-22(21)30-4)24(26-28)23-10-7-15-32-23/h5-15,18H,16-17H2,1-4H3. The van der Waals surface area contributed by atoms with Crippen LogP contribution in [0.4, 0.5) is 0 Å². The summed E-state index contributed by atoms with van der Waals surface area (Å²) in [4.78, 5) is 3.28. The van der Waals surface area contributed by atoms with Crippen molar-refractivity contribution in [3.63, 3.8) is 0 Å². The van der Waals surface area contributed by atoms with Crippen LogP contribution in [-0.4, -0.2) is 33.4 Å². The van der Waals surface area contributed by atoms with Crippen LogP contribution >= 0.6 is 23.6 Å². The van der Waals surface area contributed by atoms with Gasteiger partial charge in [-0.2, -0.15) is 0 Å². The summed E-state index contributed by atoms with van der Waals surface area (Å²) in [6.07, 6.45) is 0. The van der Waals surface area contributed by atoms with E-state index in [9.17, 15) is 0 Å². The van der Waals surface area contributed by atoms with Crippen LogP contribution in [0.2, 0.25) is 0 Å². The Morgan fingerprint density at radius 1 is 1.06 bits per heavy atom. The Morgan fingerprint density at radius 3 is 2.47 bits per heavy atom. The molecule has 0 fully saturated rings. The summed E-state index contributed by atoms with van der Waals surface area (Å²) in [6, 6.07) is 20.8. The van der Waals surface area contributed by atoms with Gasteiger partial charge in [-0.05, 0) is 59.9 Å². The first-order valence-electron chi connectivity index (χ1n) is 10.6. The summed E-state index contributed by atoms with van der Waals surface area (Å²) in [5.41, 5.74) is 3.52. The second-order valence-corrected chi connectivity index (χ2v) is 9.45. The van der Waals surface area contributed by atoms with Crippen LogP contribution in [0.5, 0.6) is 5.75 Å². The zero-order valence-electron chi connectivity index (χ0n) is 18.9. The molecule has 0 aliphatic carbocycles. The zero-order valence-corrected chi connectivity index (χ0v) is 20.5. The minimum absolute atomic E-state index is 0.537. The van der Waals surface area contributed by atoms with E-state index >= 15 is 0 Å². The predicted octanol–water partition coefficient (Wildman–Crippen LogP) is 6.35. The van der Waals surface area contributed by atoms with Crippen LogP contribution in [0.1, 0.15) is 30.9 Å². The van der Waals surface area contributed by atoms with Gasteiger partial charge in [-0.3, -0.25) is 9.47 Å². The van der Waals surface area contributed by atoms with Crippen molar-refractivity contribution in [3.8, 4) is 22.1 Å². The van der Waals surface area contributed by atoms with Gasteiger partial charge < -0.3 is 4.74 Å². The van der Waals surface area contributed by atoms with E-state index in [-0.39, 0.29) is 0 Å². The van der Waals surface area contributed by atoms with Crippen LogP contribution in [0, 0.1) is 4.77 Å². The van der Waals surface area contributed by atoms with Gasteiger partial charge in [0.1, 0.15) is 5.75 Å². The van der Waals surface area contributed by atoms with Crippen molar-refractivity contribution < 1.29 is 4.74 Å². The van der Waals surface area contributed by atoms with Gasteiger partial charge in [0.05, 0.1) is 24.3 Å². The molecule has 0 atom stereocenters. The second-order valence-electron chi connectivity index (χ2n) is 8.14. The molecule has 0 bridgehead atoms. The summed E-state index contributed by atoms with van der Waals surface area (Å²) in [5.74, 6) is 2.12. The van der Waals surface area contributed by atoms with E-state index in [1.54, 1.807) is 18.4 Å². The average Bonchev–Trinajstić information content (AvgIpc) is 3.43. The molecule has 4 rings (SSSR count). The molecule has 2 aromatic heterocycles. The molecular weight excluding hydrogens is 436 g/mol. The number of ether oxygens (including phenoxy) is 1. The minimum Gasteiger partial charge on any atom is -0.495 e. The zero-order chi connectivity index (χ0) is 22.7. The third-order valence-corrected chi connectivity index (χ3v) is 6.64. The quantitative estimate of drug-likeness (QED) is 0.285. The molecule has 2 aromatic carbocycles. The van der Waals surface area contributed by atoms with Gasteiger partial charge in [0.25, 0.3) is 0 Å². The molecular formula is C25H28N4OS2. The Morgan fingerprint density at radius 2 is 1.81 bits per heavy atom. The Hall–Kier alpha value is -2.74. The van der Waals surface area contributed by atoms with Crippen LogP contribution in [-0.2, 0) is 13.2 Å². The number of rotatable bonds is 8. The fourth-order valence-corrected chi connectivity index (χ4v) is 4.68. The van der Waals surface area contributed by atoms with E-state index in [4.69, 9.17) is 22.1 Å². The van der Waals surface area contributed by atoms with Crippen LogP contribution in [0.3, 0.4) is 0 Å². The lowest BCUT2D eigenvalue weighted by molar-refractivity contribution is 0.244. The maximum Gasteiger partial charge on any atom is 0.204 e. The Kier molecular flexibility index (Phi) is 6.89. The van der Waals surface area contributed by atoms with Gasteiger partial charge in [0, 0.05) is 6.54 Å². The number of hydrogen-bond acceptors (Lipinski definition) is 5. The first-order valence-corrected chi connectivity index (χ1v) is 11.9. The van der Waals surface area contributed by atoms with Crippen LogP contribution in [0.15, 0.2) is 66.0 Å². The smallest absolute Gasteiger partial charge is 0.204 e. The molecule has 166 valence electrons. The van der Waals surface area contributed by atoms with Gasteiger partial charge in [-0.1, -0.05) is 56.3 Å². The summed E-state index contributed by atoms with van der Waals surface area (Å²) < 4.78 is 10.1. The third kappa shape index (κ3) is 4.70. The lowest BCUT2D eigenvalue weighted by Crippen LogP contribution is -2.22. The lowest BCUT2D eigenvalue weighted by Gasteiger charge is -2.17. The highest BCUT2D eigenvalue weighted by Gasteiger charge is 2.18. The van der Waals surface area contributed by atoms with E-state index in [0.717, 1.165) is 28.7 Å². The van der Waals surface area contributed by atoms with Gasteiger partial charge in [-0.15, -0.1) is 16.4 Å². The summed E-state index contributed by atoms with van der Waals surface area (Å²) in [6.45, 7) is 5.83. The molecule has 2 heterocycles. The van der Waals surface area contributed by atoms with Crippen molar-refractivity contribution in [1.29, 1.82) is 0 Å². The summed E-state index contributed by atoms with van der Waals surface area (Å²) >= 11 is 7.54. The molecule has 0 saturated carbocycles. The topological polar surface area (TPSA) is 35.2 Å². The number of hydrogen-bond donors (Lipinski definition) is 0. The summed E-state index contributed by atoms with van der Waals surface area (Å²) in [5, 5.41) is 6.96. The molecule has 0 unspecified atom stereocenters. The van der Waals surface area contributed by atoms with Crippen molar-refractivity contribution in [2.75, 3.05) is 14.2 Å². The molecule has 0 aliphatic rings. The number of benzene rings is 2. The number of thiophene rings is 1. The molecule has 0 aliphatic heterocycles. The number of para-hydroxylation sites is 2. The largest absolute Gasteiger partial charge is 0.495 e. The fourth-order valence-electron chi connectivity index (χ4n) is 3.70. The minimum atomic E-state index is 0.537. The first-order chi connectivity index (χ1) is 15.5. The number of methoxy groups -OCH3 is 1. The number of nitrogens with zero attached hydrogens (tertiary/aromatic N) is 4. The Balaban J connectivity index is 1.65. The van der Waals surface area contributed by atoms with E-state index < -0.39 is 0 Å². The number of aromatic nitrogens is 3. The molecule has 5 nitrogen and oxygen atoms in total. The predicted molar refractivity (Wildman–Crippen MR) is 134 cm³/mol. The maximum absolute atomic E-state index is 5.89. The third-order valence-electron chi connectivity index (χ3n) is 5.38. The normalized spacial score (nSPS) is 11.4. The highest BCUT2D eigenvalue weighted by molar-refractivity contribution is 7.71. The van der Waals surface area contributed by atoms with E-state index in [1.165, 1.54) is 11.1 Å². The molecule has 7 heteroatoms. The molecule has 4 aromatic rings. The highest BCUT2D eigenvalue weighted by Crippen LogP contribution is 2.30. The summed E-state index contributed by atoms with van der Waals surface area (Å²) in [7, 11) is 3.76. The SMILES string of the molecule is COc1ccccc1-n1c(-c2cccs2)nn(CN(C)Cc2ccc(C(C)C)cc2)c1=S. The molecule has 0 radical (unpaired) electrons. The van der Waals surface area contributed by atoms with Crippen molar-refractivity contribution in [2.45, 2.75) is 33.0 Å². The van der Waals surface area contributed by atoms with Crippen molar-refractivity contribution in [1.82, 2.24) is 19.2 Å². The van der Waals surface area contributed by atoms with Crippen LogP contribution in [0.25, 0.3) is 16.4 Å². The molecule has 0 amide bonds. The lowest BCUT2D eigenvalue weighted by atomic mass is 10.0. The van der Waals surface area contributed by atoms with E-state index in [1.807, 2.05) is 39.6 Å². The van der Waals surface area contributed by atoms with E-state index in [2.05, 4.69) is 61.5 Å². The van der Waals surface area contributed by atoms with Gasteiger partial charge in [0.15, 0.2) is 5.82 Å². The highest BCUT2D eigenvalue weighted by atomic mass is 32.1. The van der Waals surface area contributed by atoms with E-state index in [0.29, 0.717) is 17.4 Å². The van der Waals surface area contributed by atoms with Gasteiger partial charge in [-0.25, -0.2) is 4.68 Å². The molecule has 32 heavy (non-hydrogen) atoms. The Labute approximate surface area is 198 Å². The van der Waals surface area contributed by atoms with Crippen molar-refractivity contribution >= 4 is 23.6 Å². The van der Waals surface area contributed by atoms with Gasteiger partial charge in [0.2, 0.25) is 4.77 Å². The molecule has 0 saturated heterocycles. The monoisotopic (exact) mass is 464 g/mol. The molecule has 0 N–H and O–H groups in total. The maximum atomic E-state index is 5.89. The average molecular weight is 465 g/mol. The second kappa shape index (κ2) is 9.81. The van der Waals surface area contributed by atoms with Crippen molar-refractivity contribution in [3.05, 3.63) is 81.9 Å². The van der Waals surface area contributed by atoms with Crippen molar-refractivity contribution in [2.24, 2.45) is 0 Å². The van der Waals surface area contributed by atoms with Crippen LogP contribution < -0.4 is 4.74 Å². The fraction of sp³-hybridized carbons (Fsp3) is 0.280. The Bertz CT molecular complexity index is 1220. The first kappa shape index (κ1) is 22.5. The molecule has 0 spiro atoms. The van der Waals surface area contributed by atoms with Gasteiger partial charge >= 0.3 is 0 Å².